The summed E-state index contributed by atoms with van der Waals surface area (Å²) in [6.45, 7) is 1.87. The number of carbonyl (C=O) groups excluding carboxylic acids is 1. The van der Waals surface area contributed by atoms with Gasteiger partial charge in [-0.3, -0.25) is 0 Å². The van der Waals surface area contributed by atoms with Crippen molar-refractivity contribution >= 4 is 5.97 Å². The van der Waals surface area contributed by atoms with Gasteiger partial charge in [0, 0.05) is 6.42 Å². The Morgan fingerprint density at radius 3 is 3.00 bits per heavy atom. The first-order valence-electron chi connectivity index (χ1n) is 3.46. The molecule has 3 nitrogen and oxygen atoms in total. The second kappa shape index (κ2) is 3.23. The molecule has 1 atom stereocenters. The van der Waals surface area contributed by atoms with E-state index in [9.17, 15) is 4.79 Å². The Morgan fingerprint density at radius 2 is 2.55 bits per heavy atom. The zero-order chi connectivity index (χ0) is 8.27. The summed E-state index contributed by atoms with van der Waals surface area (Å²) in [4.78, 5) is 10.5. The van der Waals surface area contributed by atoms with Crippen LogP contribution in [0.4, 0.5) is 0 Å². The van der Waals surface area contributed by atoms with Crippen molar-refractivity contribution in [1.29, 1.82) is 0 Å². The van der Waals surface area contributed by atoms with Crippen molar-refractivity contribution in [2.75, 3.05) is 0 Å². The van der Waals surface area contributed by atoms with Gasteiger partial charge in [0.25, 0.3) is 0 Å². The Bertz CT molecular complexity index is 215. The van der Waals surface area contributed by atoms with E-state index in [1.165, 1.54) is 0 Å². The van der Waals surface area contributed by atoms with Crippen molar-refractivity contribution < 1.29 is 14.6 Å². The molecule has 0 aromatic rings. The minimum atomic E-state index is -0.461. The molecule has 0 saturated carbocycles. The highest BCUT2D eigenvalue weighted by Crippen LogP contribution is 2.15. The molecule has 0 fully saturated rings. The van der Waals surface area contributed by atoms with Gasteiger partial charge in [-0.1, -0.05) is 12.2 Å². The standard InChI is InChI=1S/C8H10O3/c1-2-3-4-7-6(9)5-8(10)11-7/h2-3,5,7,9H,4H2,1H3/b3-2+. The number of esters is 1. The highest BCUT2D eigenvalue weighted by molar-refractivity contribution is 5.85. The molecule has 11 heavy (non-hydrogen) atoms. The van der Waals surface area contributed by atoms with Gasteiger partial charge in [-0.25, -0.2) is 4.79 Å². The Morgan fingerprint density at radius 1 is 1.82 bits per heavy atom. The van der Waals surface area contributed by atoms with Crippen LogP contribution in [0.5, 0.6) is 0 Å². The number of allylic oxidation sites excluding steroid dienone is 1. The molecule has 1 aliphatic heterocycles. The maximum atomic E-state index is 10.5. The second-order valence-electron chi connectivity index (χ2n) is 2.30. The van der Waals surface area contributed by atoms with Gasteiger partial charge in [0.2, 0.25) is 0 Å². The van der Waals surface area contributed by atoms with E-state index < -0.39 is 12.1 Å². The van der Waals surface area contributed by atoms with Crippen LogP contribution in [-0.4, -0.2) is 17.2 Å². The summed E-state index contributed by atoms with van der Waals surface area (Å²) in [7, 11) is 0. The quantitative estimate of drug-likeness (QED) is 0.482. The Balaban J connectivity index is 2.50. The molecular formula is C8H10O3. The third-order valence-electron chi connectivity index (χ3n) is 1.44. The summed E-state index contributed by atoms with van der Waals surface area (Å²) in [6, 6.07) is 0. The van der Waals surface area contributed by atoms with Gasteiger partial charge in [-0.2, -0.15) is 0 Å². The lowest BCUT2D eigenvalue weighted by atomic mass is 10.2. The molecular weight excluding hydrogens is 144 g/mol. The second-order valence-corrected chi connectivity index (χ2v) is 2.30. The summed E-state index contributed by atoms with van der Waals surface area (Å²) in [5.41, 5.74) is 0. The maximum absolute atomic E-state index is 10.5. The van der Waals surface area contributed by atoms with E-state index in [2.05, 4.69) is 0 Å². The van der Waals surface area contributed by atoms with Crippen molar-refractivity contribution in [3.63, 3.8) is 0 Å². The Kier molecular flexibility index (Phi) is 2.31. The van der Waals surface area contributed by atoms with Crippen LogP contribution >= 0.6 is 0 Å². The molecule has 60 valence electrons. The highest BCUT2D eigenvalue weighted by Gasteiger charge is 2.23. The van der Waals surface area contributed by atoms with Crippen LogP contribution in [0.2, 0.25) is 0 Å². The fraction of sp³-hybridized carbons (Fsp3) is 0.375. The van der Waals surface area contributed by atoms with Gasteiger partial charge in [0.15, 0.2) is 6.10 Å². The number of cyclic esters (lactones) is 1. The molecule has 0 aliphatic carbocycles. The van der Waals surface area contributed by atoms with Gasteiger partial charge in [-0.15, -0.1) is 0 Å². The van der Waals surface area contributed by atoms with Crippen LogP contribution in [-0.2, 0) is 9.53 Å². The first-order valence-corrected chi connectivity index (χ1v) is 3.46. The summed E-state index contributed by atoms with van der Waals surface area (Å²) < 4.78 is 4.74. The average molecular weight is 154 g/mol. The lowest BCUT2D eigenvalue weighted by molar-refractivity contribution is -0.139. The molecule has 0 saturated heterocycles. The predicted molar refractivity (Wildman–Crippen MR) is 40.0 cm³/mol. The molecule has 1 N–H and O–H groups in total. The van der Waals surface area contributed by atoms with Crippen molar-refractivity contribution in [3.05, 3.63) is 24.0 Å². The van der Waals surface area contributed by atoms with Gasteiger partial charge in [-0.05, 0) is 6.92 Å². The number of aliphatic hydroxyl groups excluding tert-OH is 1. The first kappa shape index (κ1) is 7.85. The van der Waals surface area contributed by atoms with Gasteiger partial charge < -0.3 is 9.84 Å². The fourth-order valence-electron chi connectivity index (χ4n) is 0.877. The molecule has 1 rings (SSSR count). The average Bonchev–Trinajstić information content (AvgIpc) is 2.26. The van der Waals surface area contributed by atoms with E-state index >= 15 is 0 Å². The van der Waals surface area contributed by atoms with Crippen LogP contribution < -0.4 is 0 Å². The zero-order valence-electron chi connectivity index (χ0n) is 6.28. The third kappa shape index (κ3) is 1.83. The van der Waals surface area contributed by atoms with E-state index in [0.29, 0.717) is 6.42 Å². The molecule has 3 heteroatoms. The predicted octanol–water partition coefficient (Wildman–Crippen LogP) is 1.32. The van der Waals surface area contributed by atoms with Crippen LogP contribution in [0.25, 0.3) is 0 Å². The number of hydrogen-bond acceptors (Lipinski definition) is 3. The van der Waals surface area contributed by atoms with Crippen molar-refractivity contribution in [2.24, 2.45) is 0 Å². The van der Waals surface area contributed by atoms with Gasteiger partial charge in [0.1, 0.15) is 5.76 Å². The molecule has 0 radical (unpaired) electrons. The number of ether oxygens (including phenoxy) is 1. The monoisotopic (exact) mass is 154 g/mol. The molecule has 0 aromatic carbocycles. The zero-order valence-corrected chi connectivity index (χ0v) is 6.28. The lowest BCUT2D eigenvalue weighted by Crippen LogP contribution is -2.09. The molecule has 1 unspecified atom stereocenters. The number of hydrogen-bond donors (Lipinski definition) is 1. The Hall–Kier alpha value is -1.25. The van der Waals surface area contributed by atoms with Gasteiger partial charge >= 0.3 is 5.97 Å². The highest BCUT2D eigenvalue weighted by atomic mass is 16.6. The molecule has 0 amide bonds. The molecule has 1 heterocycles. The SMILES string of the molecule is C/C=C/CC1OC(=O)C=C1O. The summed E-state index contributed by atoms with van der Waals surface area (Å²) in [5.74, 6) is -0.440. The van der Waals surface area contributed by atoms with Gasteiger partial charge in [0.05, 0.1) is 6.08 Å². The van der Waals surface area contributed by atoms with E-state index in [1.54, 1.807) is 0 Å². The maximum Gasteiger partial charge on any atom is 0.335 e. The summed E-state index contributed by atoms with van der Waals surface area (Å²) >= 11 is 0. The number of rotatable bonds is 2. The molecule has 0 bridgehead atoms. The van der Waals surface area contributed by atoms with Crippen LogP contribution in [0, 0.1) is 0 Å². The third-order valence-corrected chi connectivity index (χ3v) is 1.44. The van der Waals surface area contributed by atoms with Crippen LogP contribution in [0.3, 0.4) is 0 Å². The van der Waals surface area contributed by atoms with Crippen molar-refractivity contribution in [2.45, 2.75) is 19.4 Å². The summed E-state index contributed by atoms with van der Waals surface area (Å²) in [6.07, 6.45) is 4.88. The minimum Gasteiger partial charge on any atom is -0.508 e. The fourth-order valence-corrected chi connectivity index (χ4v) is 0.877. The number of aliphatic hydroxyl groups is 1. The smallest absolute Gasteiger partial charge is 0.335 e. The van der Waals surface area contributed by atoms with Crippen molar-refractivity contribution in [1.82, 2.24) is 0 Å². The topological polar surface area (TPSA) is 46.5 Å². The first-order chi connectivity index (χ1) is 5.24. The van der Waals surface area contributed by atoms with Crippen LogP contribution in [0.1, 0.15) is 13.3 Å². The molecule has 0 spiro atoms. The van der Waals surface area contributed by atoms with Crippen molar-refractivity contribution in [3.8, 4) is 0 Å². The minimum absolute atomic E-state index is 0.0214. The molecule has 1 aliphatic rings. The van der Waals surface area contributed by atoms with Crippen LogP contribution in [0.15, 0.2) is 24.0 Å². The largest absolute Gasteiger partial charge is 0.508 e. The molecule has 0 aromatic heterocycles. The summed E-state index contributed by atoms with van der Waals surface area (Å²) in [5, 5.41) is 9.07. The van der Waals surface area contributed by atoms with E-state index in [4.69, 9.17) is 9.84 Å². The number of carbonyl (C=O) groups is 1. The Labute approximate surface area is 65.0 Å². The lowest BCUT2D eigenvalue weighted by Gasteiger charge is -2.05. The van der Waals surface area contributed by atoms with E-state index in [0.717, 1.165) is 6.08 Å². The van der Waals surface area contributed by atoms with E-state index in [-0.39, 0.29) is 5.76 Å². The normalized spacial score (nSPS) is 23.9. The van der Waals surface area contributed by atoms with E-state index in [1.807, 2.05) is 19.1 Å².